The van der Waals surface area contributed by atoms with Crippen molar-refractivity contribution in [2.45, 2.75) is 25.7 Å². The predicted molar refractivity (Wildman–Crippen MR) is 108 cm³/mol. The molecule has 130 valence electrons. The maximum absolute atomic E-state index is 6.18. The van der Waals surface area contributed by atoms with Crippen LogP contribution in [0.4, 0.5) is 0 Å². The van der Waals surface area contributed by atoms with Crippen LogP contribution in [0.25, 0.3) is 5.57 Å². The Balaban J connectivity index is 1.34. The summed E-state index contributed by atoms with van der Waals surface area (Å²) in [4.78, 5) is 2.57. The molecule has 0 radical (unpaired) electrons. The fraction of sp³-hybridized carbons (Fsp3) is 0.333. The van der Waals surface area contributed by atoms with E-state index in [0.29, 0.717) is 10.0 Å². The minimum Gasteiger partial charge on any atom is -0.299 e. The van der Waals surface area contributed by atoms with Crippen molar-refractivity contribution in [2.75, 3.05) is 19.6 Å². The van der Waals surface area contributed by atoms with Crippen molar-refractivity contribution >= 4 is 40.4 Å². The molecule has 0 fully saturated rings. The monoisotopic (exact) mass is 391 g/mol. The first kappa shape index (κ1) is 17.4. The first-order chi connectivity index (χ1) is 12.1. The molecule has 2 aromatic carbocycles. The van der Waals surface area contributed by atoms with Gasteiger partial charge >= 0.3 is 0 Å². The van der Waals surface area contributed by atoms with E-state index in [2.05, 4.69) is 23.1 Å². The highest BCUT2D eigenvalue weighted by Crippen LogP contribution is 2.39. The Bertz CT molecular complexity index is 841. The molecule has 0 bridgehead atoms. The zero-order chi connectivity index (χ0) is 17.4. The fourth-order valence-corrected chi connectivity index (χ4v) is 4.48. The van der Waals surface area contributed by atoms with Gasteiger partial charge in [-0.25, -0.2) is 0 Å². The van der Waals surface area contributed by atoms with Crippen molar-refractivity contribution in [1.29, 1.82) is 0 Å². The lowest BCUT2D eigenvalue weighted by molar-refractivity contribution is 0.289. The van der Waals surface area contributed by atoms with E-state index in [-0.39, 0.29) is 0 Å². The third kappa shape index (κ3) is 3.75. The van der Waals surface area contributed by atoms with Crippen molar-refractivity contribution in [1.82, 2.24) is 4.90 Å². The van der Waals surface area contributed by atoms with Gasteiger partial charge < -0.3 is 0 Å². The second-order valence-electron chi connectivity index (χ2n) is 6.94. The molecule has 1 aliphatic carbocycles. The molecule has 4 heteroatoms. The van der Waals surface area contributed by atoms with Gasteiger partial charge in [0.05, 0.1) is 10.0 Å². The van der Waals surface area contributed by atoms with Crippen LogP contribution >= 0.6 is 34.8 Å². The van der Waals surface area contributed by atoms with E-state index in [0.717, 1.165) is 50.3 Å². The molecule has 4 rings (SSSR count). The van der Waals surface area contributed by atoms with E-state index < -0.39 is 0 Å². The minimum atomic E-state index is 0.627. The van der Waals surface area contributed by atoms with Gasteiger partial charge in [0.25, 0.3) is 0 Å². The highest BCUT2D eigenvalue weighted by atomic mass is 35.5. The first-order valence-corrected chi connectivity index (χ1v) is 9.89. The molecular weight excluding hydrogens is 373 g/mol. The Morgan fingerprint density at radius 2 is 1.84 bits per heavy atom. The number of rotatable bonds is 4. The molecule has 2 aliphatic rings. The van der Waals surface area contributed by atoms with E-state index in [1.807, 2.05) is 18.2 Å². The standard InChI is InChI=1S/C21H20Cl3N/c22-17-5-4-15-11-16-13-25(9-7-18(16)19(15)12-17)8-1-2-14-3-6-20(23)21(24)10-14/h3-6,10,12H,1-2,7-9,11,13H2. The molecule has 0 saturated heterocycles. The summed E-state index contributed by atoms with van der Waals surface area (Å²) in [6.45, 7) is 3.34. The highest BCUT2D eigenvalue weighted by molar-refractivity contribution is 6.42. The smallest absolute Gasteiger partial charge is 0.0595 e. The van der Waals surface area contributed by atoms with Crippen LogP contribution in [0.1, 0.15) is 29.5 Å². The lowest BCUT2D eigenvalue weighted by atomic mass is 9.99. The second-order valence-corrected chi connectivity index (χ2v) is 8.19. The molecule has 1 aliphatic heterocycles. The van der Waals surface area contributed by atoms with Gasteiger partial charge in [0.15, 0.2) is 0 Å². The Hall–Kier alpha value is -0.990. The third-order valence-electron chi connectivity index (χ3n) is 5.24. The normalized spacial score (nSPS) is 16.9. The number of halogens is 3. The van der Waals surface area contributed by atoms with E-state index in [1.54, 1.807) is 11.1 Å². The average Bonchev–Trinajstić information content (AvgIpc) is 2.95. The highest BCUT2D eigenvalue weighted by Gasteiger charge is 2.26. The number of benzene rings is 2. The predicted octanol–water partition coefficient (Wildman–Crippen LogP) is 6.30. The maximum Gasteiger partial charge on any atom is 0.0595 e. The van der Waals surface area contributed by atoms with Gasteiger partial charge in [-0.05, 0) is 84.3 Å². The van der Waals surface area contributed by atoms with Crippen molar-refractivity contribution in [3.05, 3.63) is 73.7 Å². The SMILES string of the molecule is Clc1ccc2c(c1)C1=C(C2)CN(CCCc2ccc(Cl)c(Cl)c2)CC1. The van der Waals surface area contributed by atoms with Crippen LogP contribution in [0.5, 0.6) is 0 Å². The Morgan fingerprint density at radius 1 is 0.960 bits per heavy atom. The Labute approximate surface area is 164 Å². The van der Waals surface area contributed by atoms with E-state index in [4.69, 9.17) is 34.8 Å². The van der Waals surface area contributed by atoms with Crippen LogP contribution in [0.2, 0.25) is 15.1 Å². The van der Waals surface area contributed by atoms with E-state index >= 15 is 0 Å². The number of fused-ring (bicyclic) bond motifs is 2. The summed E-state index contributed by atoms with van der Waals surface area (Å²) in [7, 11) is 0. The molecule has 2 aromatic rings. The molecule has 0 amide bonds. The summed E-state index contributed by atoms with van der Waals surface area (Å²) < 4.78 is 0. The van der Waals surface area contributed by atoms with Gasteiger partial charge in [0.1, 0.15) is 0 Å². The van der Waals surface area contributed by atoms with Gasteiger partial charge in [-0.1, -0.05) is 46.9 Å². The molecule has 1 nitrogen and oxygen atoms in total. The summed E-state index contributed by atoms with van der Waals surface area (Å²) >= 11 is 18.3. The first-order valence-electron chi connectivity index (χ1n) is 8.76. The van der Waals surface area contributed by atoms with E-state index in [9.17, 15) is 0 Å². The van der Waals surface area contributed by atoms with E-state index in [1.165, 1.54) is 16.7 Å². The van der Waals surface area contributed by atoms with Gasteiger partial charge in [0.2, 0.25) is 0 Å². The van der Waals surface area contributed by atoms with Crippen LogP contribution in [-0.2, 0) is 12.8 Å². The van der Waals surface area contributed by atoms with Gasteiger partial charge in [-0.2, -0.15) is 0 Å². The summed E-state index contributed by atoms with van der Waals surface area (Å²) in [5, 5.41) is 2.12. The number of hydrogen-bond acceptors (Lipinski definition) is 1. The molecular formula is C21H20Cl3N. The molecule has 0 N–H and O–H groups in total. The lowest BCUT2D eigenvalue weighted by Crippen LogP contribution is -2.32. The zero-order valence-corrected chi connectivity index (χ0v) is 16.3. The van der Waals surface area contributed by atoms with Crippen molar-refractivity contribution in [3.63, 3.8) is 0 Å². The second kappa shape index (κ2) is 7.32. The summed E-state index contributed by atoms with van der Waals surface area (Å²) in [6.07, 6.45) is 4.40. The molecule has 25 heavy (non-hydrogen) atoms. The number of hydrogen-bond donors (Lipinski definition) is 0. The van der Waals surface area contributed by atoms with Crippen LogP contribution in [0.3, 0.4) is 0 Å². The Morgan fingerprint density at radius 3 is 2.68 bits per heavy atom. The largest absolute Gasteiger partial charge is 0.299 e. The summed E-state index contributed by atoms with van der Waals surface area (Å²) in [5.41, 5.74) is 7.20. The molecule has 0 aromatic heterocycles. The van der Waals surface area contributed by atoms with Crippen LogP contribution in [-0.4, -0.2) is 24.5 Å². The third-order valence-corrected chi connectivity index (χ3v) is 6.22. The maximum atomic E-state index is 6.18. The summed E-state index contributed by atoms with van der Waals surface area (Å²) in [6, 6.07) is 12.3. The molecule has 0 spiro atoms. The van der Waals surface area contributed by atoms with Gasteiger partial charge in [0, 0.05) is 18.1 Å². The lowest BCUT2D eigenvalue weighted by Gasteiger charge is -2.28. The van der Waals surface area contributed by atoms with Crippen molar-refractivity contribution in [3.8, 4) is 0 Å². The molecule has 0 saturated carbocycles. The number of nitrogens with zero attached hydrogens (tertiary/aromatic N) is 1. The van der Waals surface area contributed by atoms with Crippen molar-refractivity contribution in [2.24, 2.45) is 0 Å². The molecule has 0 atom stereocenters. The molecule has 0 unspecified atom stereocenters. The fourth-order valence-electron chi connectivity index (χ4n) is 3.99. The Kier molecular flexibility index (Phi) is 5.11. The van der Waals surface area contributed by atoms with Crippen LogP contribution < -0.4 is 0 Å². The summed E-state index contributed by atoms with van der Waals surface area (Å²) in [5.74, 6) is 0. The average molecular weight is 393 g/mol. The molecule has 1 heterocycles. The van der Waals surface area contributed by atoms with Gasteiger partial charge in [-0.3, -0.25) is 4.90 Å². The topological polar surface area (TPSA) is 3.24 Å². The minimum absolute atomic E-state index is 0.627. The zero-order valence-electron chi connectivity index (χ0n) is 14.0. The number of aryl methyl sites for hydroxylation is 1. The van der Waals surface area contributed by atoms with Gasteiger partial charge in [-0.15, -0.1) is 0 Å². The van der Waals surface area contributed by atoms with Crippen LogP contribution in [0.15, 0.2) is 42.0 Å². The quantitative estimate of drug-likeness (QED) is 0.590. The van der Waals surface area contributed by atoms with Crippen molar-refractivity contribution < 1.29 is 0 Å². The van der Waals surface area contributed by atoms with Crippen LogP contribution in [0, 0.1) is 0 Å².